The van der Waals surface area contributed by atoms with E-state index in [1.807, 2.05) is 23.1 Å². The monoisotopic (exact) mass is 429 g/mol. The van der Waals surface area contributed by atoms with Crippen molar-refractivity contribution in [2.24, 2.45) is 0 Å². The van der Waals surface area contributed by atoms with E-state index in [9.17, 15) is 9.59 Å². The first-order valence-corrected chi connectivity index (χ1v) is 10.3. The summed E-state index contributed by atoms with van der Waals surface area (Å²) in [6, 6.07) is 12.5. The summed E-state index contributed by atoms with van der Waals surface area (Å²) in [6.45, 7) is 5.03. The highest BCUT2D eigenvalue weighted by Crippen LogP contribution is 2.25. The van der Waals surface area contributed by atoms with Gasteiger partial charge in [0.05, 0.1) is 5.52 Å². The largest absolute Gasteiger partial charge is 0.368 e. The molecule has 0 atom stereocenters. The zero-order valence-corrected chi connectivity index (χ0v) is 17.6. The Morgan fingerprint density at radius 2 is 1.66 bits per heavy atom. The average molecular weight is 430 g/mol. The number of amides is 1. The third-order valence-corrected chi connectivity index (χ3v) is 5.86. The molecular formula is C22H21Cl2N3O2. The van der Waals surface area contributed by atoms with E-state index in [2.05, 4.69) is 11.8 Å². The van der Waals surface area contributed by atoms with Crippen LogP contribution in [0, 0.1) is 6.92 Å². The maximum absolute atomic E-state index is 12.9. The predicted molar refractivity (Wildman–Crippen MR) is 118 cm³/mol. The van der Waals surface area contributed by atoms with Crippen molar-refractivity contribution < 1.29 is 4.79 Å². The molecule has 1 saturated heterocycles. The molecule has 3 aromatic rings. The molecule has 0 N–H and O–H groups in total. The SMILES string of the molecule is Cc1ccc(Cl)cc1N1CCN(C(=O)Cn2ccc(=O)c3ccc(Cl)cc32)CC1. The molecule has 1 aromatic heterocycles. The minimum Gasteiger partial charge on any atom is -0.368 e. The van der Waals surface area contributed by atoms with E-state index < -0.39 is 0 Å². The third-order valence-electron chi connectivity index (χ3n) is 5.39. The number of carbonyl (C=O) groups excluding carboxylic acids is 1. The third kappa shape index (κ3) is 4.11. The fourth-order valence-electron chi connectivity index (χ4n) is 3.78. The van der Waals surface area contributed by atoms with Crippen molar-refractivity contribution in [3.63, 3.8) is 0 Å². The quantitative estimate of drug-likeness (QED) is 0.632. The summed E-state index contributed by atoms with van der Waals surface area (Å²) in [7, 11) is 0. The van der Waals surface area contributed by atoms with Crippen LogP contribution in [0.2, 0.25) is 10.0 Å². The van der Waals surface area contributed by atoms with Crippen molar-refractivity contribution in [2.75, 3.05) is 31.1 Å². The van der Waals surface area contributed by atoms with E-state index in [4.69, 9.17) is 23.2 Å². The Morgan fingerprint density at radius 1 is 0.966 bits per heavy atom. The molecule has 7 heteroatoms. The number of carbonyl (C=O) groups is 1. The molecule has 29 heavy (non-hydrogen) atoms. The van der Waals surface area contributed by atoms with Crippen LogP contribution in [0.25, 0.3) is 10.9 Å². The lowest BCUT2D eigenvalue weighted by molar-refractivity contribution is -0.132. The predicted octanol–water partition coefficient (Wildman–Crippen LogP) is 3.97. The highest BCUT2D eigenvalue weighted by molar-refractivity contribution is 6.31. The van der Waals surface area contributed by atoms with Gasteiger partial charge in [0.2, 0.25) is 5.91 Å². The Balaban J connectivity index is 1.48. The molecule has 1 aliphatic heterocycles. The first-order chi connectivity index (χ1) is 13.9. The second-order valence-corrected chi connectivity index (χ2v) is 8.14. The fraction of sp³-hybridized carbons (Fsp3) is 0.273. The number of anilines is 1. The van der Waals surface area contributed by atoms with Crippen LogP contribution in [0.1, 0.15) is 5.56 Å². The Bertz CT molecular complexity index is 1130. The Labute approximate surface area is 179 Å². The maximum atomic E-state index is 12.9. The van der Waals surface area contributed by atoms with Crippen LogP contribution in [-0.2, 0) is 11.3 Å². The van der Waals surface area contributed by atoms with Gasteiger partial charge in [0, 0.05) is 59.6 Å². The van der Waals surface area contributed by atoms with Crippen LogP contribution < -0.4 is 10.3 Å². The standard InChI is InChI=1S/C22H21Cl2N3O2/c1-15-2-3-16(23)12-19(15)25-8-10-26(11-9-25)22(29)14-27-7-6-21(28)18-5-4-17(24)13-20(18)27/h2-7,12-13H,8-11,14H2,1H3. The molecule has 0 bridgehead atoms. The number of pyridine rings is 1. The van der Waals surface area contributed by atoms with Crippen molar-refractivity contribution in [3.05, 3.63) is 74.5 Å². The molecule has 0 aliphatic carbocycles. The zero-order chi connectivity index (χ0) is 20.5. The van der Waals surface area contributed by atoms with E-state index in [1.54, 1.807) is 29.0 Å². The zero-order valence-electron chi connectivity index (χ0n) is 16.1. The van der Waals surface area contributed by atoms with Gasteiger partial charge in [0.15, 0.2) is 5.43 Å². The number of halogens is 2. The number of fused-ring (bicyclic) bond motifs is 1. The topological polar surface area (TPSA) is 45.5 Å². The number of hydrogen-bond donors (Lipinski definition) is 0. The molecule has 0 spiro atoms. The van der Waals surface area contributed by atoms with Crippen LogP contribution in [-0.4, -0.2) is 41.6 Å². The molecule has 4 rings (SSSR count). The lowest BCUT2D eigenvalue weighted by Crippen LogP contribution is -2.49. The first kappa shape index (κ1) is 19.8. The van der Waals surface area contributed by atoms with Gasteiger partial charge in [-0.2, -0.15) is 0 Å². The molecule has 0 radical (unpaired) electrons. The van der Waals surface area contributed by atoms with Crippen molar-refractivity contribution >= 4 is 45.7 Å². The van der Waals surface area contributed by atoms with Gasteiger partial charge in [-0.25, -0.2) is 0 Å². The second kappa shape index (κ2) is 8.09. The highest BCUT2D eigenvalue weighted by Gasteiger charge is 2.22. The summed E-state index contributed by atoms with van der Waals surface area (Å²) in [4.78, 5) is 29.1. The fourth-order valence-corrected chi connectivity index (χ4v) is 4.11. The van der Waals surface area contributed by atoms with Crippen molar-refractivity contribution in [1.82, 2.24) is 9.47 Å². The van der Waals surface area contributed by atoms with E-state index in [-0.39, 0.29) is 17.9 Å². The van der Waals surface area contributed by atoms with Crippen molar-refractivity contribution in [1.29, 1.82) is 0 Å². The number of aromatic nitrogens is 1. The van der Waals surface area contributed by atoms with Gasteiger partial charge in [-0.3, -0.25) is 9.59 Å². The van der Waals surface area contributed by atoms with E-state index in [1.165, 1.54) is 11.6 Å². The molecule has 5 nitrogen and oxygen atoms in total. The van der Waals surface area contributed by atoms with Gasteiger partial charge in [0.1, 0.15) is 6.54 Å². The Hall–Kier alpha value is -2.50. The number of nitrogens with zero attached hydrogens (tertiary/aromatic N) is 3. The lowest BCUT2D eigenvalue weighted by Gasteiger charge is -2.37. The average Bonchev–Trinajstić information content (AvgIpc) is 2.72. The molecule has 0 unspecified atom stereocenters. The summed E-state index contributed by atoms with van der Waals surface area (Å²) >= 11 is 12.3. The lowest BCUT2D eigenvalue weighted by atomic mass is 10.1. The summed E-state index contributed by atoms with van der Waals surface area (Å²) in [6.07, 6.45) is 1.66. The van der Waals surface area contributed by atoms with Crippen LogP contribution >= 0.6 is 23.2 Å². The van der Waals surface area contributed by atoms with Crippen molar-refractivity contribution in [2.45, 2.75) is 13.5 Å². The maximum Gasteiger partial charge on any atom is 0.242 e. The van der Waals surface area contributed by atoms with Gasteiger partial charge in [-0.15, -0.1) is 0 Å². The van der Waals surface area contributed by atoms with Crippen molar-refractivity contribution in [3.8, 4) is 0 Å². The molecule has 0 saturated carbocycles. The number of aryl methyl sites for hydroxylation is 1. The molecule has 1 amide bonds. The van der Waals surface area contributed by atoms with E-state index >= 15 is 0 Å². The smallest absolute Gasteiger partial charge is 0.242 e. The van der Waals surface area contributed by atoms with Crippen LogP contribution in [0.4, 0.5) is 5.69 Å². The summed E-state index contributed by atoms with van der Waals surface area (Å²) in [5.74, 6) is 0.0254. The second-order valence-electron chi connectivity index (χ2n) is 7.27. The molecule has 2 heterocycles. The number of piperazine rings is 1. The number of hydrogen-bond acceptors (Lipinski definition) is 3. The molecule has 2 aromatic carbocycles. The Morgan fingerprint density at radius 3 is 2.41 bits per heavy atom. The minimum absolute atomic E-state index is 0.0254. The van der Waals surface area contributed by atoms with Crippen LogP contribution in [0.15, 0.2) is 53.5 Å². The van der Waals surface area contributed by atoms with Gasteiger partial charge in [-0.05, 0) is 42.8 Å². The minimum atomic E-state index is -0.0779. The van der Waals surface area contributed by atoms with Gasteiger partial charge >= 0.3 is 0 Å². The summed E-state index contributed by atoms with van der Waals surface area (Å²) in [5.41, 5.74) is 2.88. The van der Waals surface area contributed by atoms with E-state index in [0.717, 1.165) is 18.8 Å². The van der Waals surface area contributed by atoms with Crippen LogP contribution in [0.3, 0.4) is 0 Å². The van der Waals surface area contributed by atoms with Gasteiger partial charge in [0.25, 0.3) is 0 Å². The highest BCUT2D eigenvalue weighted by atomic mass is 35.5. The summed E-state index contributed by atoms with van der Waals surface area (Å²) in [5, 5.41) is 1.81. The molecule has 1 aliphatic rings. The first-order valence-electron chi connectivity index (χ1n) is 9.50. The van der Waals surface area contributed by atoms with Gasteiger partial charge < -0.3 is 14.4 Å². The van der Waals surface area contributed by atoms with E-state index in [0.29, 0.717) is 34.0 Å². The van der Waals surface area contributed by atoms with Crippen LogP contribution in [0.5, 0.6) is 0 Å². The number of rotatable bonds is 3. The molecule has 150 valence electrons. The molecule has 1 fully saturated rings. The normalized spacial score (nSPS) is 14.4. The summed E-state index contributed by atoms with van der Waals surface area (Å²) < 4.78 is 1.79. The van der Waals surface area contributed by atoms with Gasteiger partial charge in [-0.1, -0.05) is 29.3 Å². The Kier molecular flexibility index (Phi) is 5.52. The number of benzene rings is 2. The molecular weight excluding hydrogens is 409 g/mol.